The van der Waals surface area contributed by atoms with Gasteiger partial charge >= 0.3 is 0 Å². The van der Waals surface area contributed by atoms with E-state index in [1.165, 1.54) is 0 Å². The first-order valence-electron chi connectivity index (χ1n) is 4.69. The molecule has 0 heterocycles. The maximum Gasteiger partial charge on any atom is 0.0580 e. The van der Waals surface area contributed by atoms with Gasteiger partial charge in [0.1, 0.15) is 0 Å². The standard InChI is InChI=1S/C12H14ClN/c1-3-14-8-4-5-11-7-6-10(2)12(13)9-11/h6-7,9,14H,3,8H2,1-2H3. The maximum atomic E-state index is 5.97. The summed E-state index contributed by atoms with van der Waals surface area (Å²) in [6.45, 7) is 5.72. The van der Waals surface area contributed by atoms with Crippen LogP contribution in [0.15, 0.2) is 18.2 Å². The molecule has 74 valence electrons. The molecule has 0 radical (unpaired) electrons. The molecule has 1 N–H and O–H groups in total. The van der Waals surface area contributed by atoms with E-state index in [1.807, 2.05) is 25.1 Å². The van der Waals surface area contributed by atoms with E-state index in [0.717, 1.165) is 29.2 Å². The molecule has 0 aromatic heterocycles. The molecule has 0 aliphatic rings. The molecule has 0 saturated heterocycles. The van der Waals surface area contributed by atoms with Crippen LogP contribution in [0.2, 0.25) is 5.02 Å². The highest BCUT2D eigenvalue weighted by Gasteiger charge is 1.94. The maximum absolute atomic E-state index is 5.97. The molecule has 14 heavy (non-hydrogen) atoms. The van der Waals surface area contributed by atoms with E-state index in [1.54, 1.807) is 0 Å². The van der Waals surface area contributed by atoms with Gasteiger partial charge in [0.2, 0.25) is 0 Å². The molecular formula is C12H14ClN. The number of rotatable bonds is 2. The van der Waals surface area contributed by atoms with Gasteiger partial charge in [0, 0.05) is 10.6 Å². The summed E-state index contributed by atoms with van der Waals surface area (Å²) in [7, 11) is 0. The summed E-state index contributed by atoms with van der Waals surface area (Å²) in [6, 6.07) is 5.87. The molecule has 2 heteroatoms. The molecule has 1 aromatic carbocycles. The minimum Gasteiger partial charge on any atom is -0.306 e. The Bertz CT molecular complexity index is 360. The quantitative estimate of drug-likeness (QED) is 0.581. The topological polar surface area (TPSA) is 12.0 Å². The van der Waals surface area contributed by atoms with Gasteiger partial charge in [0.05, 0.1) is 6.54 Å². The largest absolute Gasteiger partial charge is 0.306 e. The van der Waals surface area contributed by atoms with Crippen LogP contribution in [0.5, 0.6) is 0 Å². The van der Waals surface area contributed by atoms with Gasteiger partial charge in [-0.2, -0.15) is 0 Å². The molecule has 0 bridgehead atoms. The van der Waals surface area contributed by atoms with E-state index >= 15 is 0 Å². The molecule has 0 aliphatic heterocycles. The first-order valence-corrected chi connectivity index (χ1v) is 5.07. The molecule has 1 rings (SSSR count). The Kier molecular flexibility index (Phi) is 4.52. The normalized spacial score (nSPS) is 9.36. The molecule has 0 fully saturated rings. The van der Waals surface area contributed by atoms with Crippen LogP contribution >= 0.6 is 11.6 Å². The smallest absolute Gasteiger partial charge is 0.0580 e. The molecule has 0 spiro atoms. The van der Waals surface area contributed by atoms with Crippen molar-refractivity contribution in [3.8, 4) is 11.8 Å². The first-order chi connectivity index (χ1) is 6.74. The van der Waals surface area contributed by atoms with Crippen molar-refractivity contribution in [3.63, 3.8) is 0 Å². The lowest BCUT2D eigenvalue weighted by Gasteiger charge is -1.96. The van der Waals surface area contributed by atoms with Crippen molar-refractivity contribution in [1.29, 1.82) is 0 Å². The van der Waals surface area contributed by atoms with Crippen LogP contribution < -0.4 is 5.32 Å². The van der Waals surface area contributed by atoms with E-state index in [-0.39, 0.29) is 0 Å². The number of aryl methyl sites for hydroxylation is 1. The van der Waals surface area contributed by atoms with E-state index in [9.17, 15) is 0 Å². The number of hydrogen-bond donors (Lipinski definition) is 1. The summed E-state index contributed by atoms with van der Waals surface area (Å²) in [5.74, 6) is 6.08. The molecule has 0 atom stereocenters. The van der Waals surface area contributed by atoms with Crippen molar-refractivity contribution in [2.75, 3.05) is 13.1 Å². The van der Waals surface area contributed by atoms with E-state index < -0.39 is 0 Å². The lowest BCUT2D eigenvalue weighted by molar-refractivity contribution is 0.811. The molecular weight excluding hydrogens is 194 g/mol. The van der Waals surface area contributed by atoms with E-state index in [0.29, 0.717) is 0 Å². The third kappa shape index (κ3) is 3.41. The number of halogens is 1. The second-order valence-electron chi connectivity index (χ2n) is 3.05. The monoisotopic (exact) mass is 207 g/mol. The fourth-order valence-electron chi connectivity index (χ4n) is 1.00. The Labute approximate surface area is 90.5 Å². The van der Waals surface area contributed by atoms with Gasteiger partial charge in [0.15, 0.2) is 0 Å². The second-order valence-corrected chi connectivity index (χ2v) is 3.45. The molecule has 1 aromatic rings. The van der Waals surface area contributed by atoms with Gasteiger partial charge in [-0.1, -0.05) is 36.4 Å². The number of nitrogens with one attached hydrogen (secondary N) is 1. The summed E-state index contributed by atoms with van der Waals surface area (Å²) < 4.78 is 0. The van der Waals surface area contributed by atoms with Gasteiger partial charge in [-0.05, 0) is 31.2 Å². The summed E-state index contributed by atoms with van der Waals surface area (Å²) >= 11 is 5.97. The second kappa shape index (κ2) is 5.70. The Hall–Kier alpha value is -0.970. The summed E-state index contributed by atoms with van der Waals surface area (Å²) in [4.78, 5) is 0. The van der Waals surface area contributed by atoms with Crippen molar-refractivity contribution in [3.05, 3.63) is 34.3 Å². The Morgan fingerprint density at radius 3 is 2.86 bits per heavy atom. The van der Waals surface area contributed by atoms with Crippen molar-refractivity contribution in [1.82, 2.24) is 5.32 Å². The SMILES string of the molecule is CCNCC#Cc1ccc(C)c(Cl)c1. The molecule has 0 unspecified atom stereocenters. The van der Waals surface area contributed by atoms with Crippen molar-refractivity contribution in [2.45, 2.75) is 13.8 Å². The summed E-state index contributed by atoms with van der Waals surface area (Å²) in [6.07, 6.45) is 0. The fraction of sp³-hybridized carbons (Fsp3) is 0.333. The van der Waals surface area contributed by atoms with Crippen molar-refractivity contribution in [2.24, 2.45) is 0 Å². The van der Waals surface area contributed by atoms with Gasteiger partial charge < -0.3 is 5.32 Å². The summed E-state index contributed by atoms with van der Waals surface area (Å²) in [5, 5.41) is 3.92. The van der Waals surface area contributed by atoms with Crippen molar-refractivity contribution < 1.29 is 0 Å². The summed E-state index contributed by atoms with van der Waals surface area (Å²) in [5.41, 5.74) is 2.06. The molecule has 0 aliphatic carbocycles. The van der Waals surface area contributed by atoms with Crippen LogP contribution in [0.25, 0.3) is 0 Å². The van der Waals surface area contributed by atoms with Crippen LogP contribution in [0.4, 0.5) is 0 Å². The highest BCUT2D eigenvalue weighted by atomic mass is 35.5. The van der Waals surface area contributed by atoms with Crippen LogP contribution in [0.1, 0.15) is 18.1 Å². The number of hydrogen-bond acceptors (Lipinski definition) is 1. The van der Waals surface area contributed by atoms with Gasteiger partial charge in [-0.15, -0.1) is 0 Å². The fourth-order valence-corrected chi connectivity index (χ4v) is 1.18. The predicted molar refractivity (Wildman–Crippen MR) is 61.6 cm³/mol. The average molecular weight is 208 g/mol. The first kappa shape index (κ1) is 11.1. The third-order valence-corrected chi connectivity index (χ3v) is 2.28. The Morgan fingerprint density at radius 2 is 2.21 bits per heavy atom. The molecule has 0 amide bonds. The lowest BCUT2D eigenvalue weighted by Crippen LogP contribution is -2.11. The average Bonchev–Trinajstić information content (AvgIpc) is 2.18. The molecule has 1 nitrogen and oxygen atoms in total. The van der Waals surface area contributed by atoms with Gasteiger partial charge in [-0.25, -0.2) is 0 Å². The van der Waals surface area contributed by atoms with E-state index in [2.05, 4.69) is 24.1 Å². The van der Waals surface area contributed by atoms with E-state index in [4.69, 9.17) is 11.6 Å². The van der Waals surface area contributed by atoms with Crippen LogP contribution in [-0.2, 0) is 0 Å². The Balaban J connectivity index is 2.66. The highest BCUT2D eigenvalue weighted by Crippen LogP contribution is 2.15. The minimum absolute atomic E-state index is 0.724. The third-order valence-electron chi connectivity index (χ3n) is 1.87. The van der Waals surface area contributed by atoms with Crippen LogP contribution in [0, 0.1) is 18.8 Å². The van der Waals surface area contributed by atoms with Gasteiger partial charge in [-0.3, -0.25) is 0 Å². The zero-order valence-corrected chi connectivity index (χ0v) is 9.28. The van der Waals surface area contributed by atoms with Crippen LogP contribution in [0.3, 0.4) is 0 Å². The Morgan fingerprint density at radius 1 is 1.43 bits per heavy atom. The zero-order chi connectivity index (χ0) is 10.4. The van der Waals surface area contributed by atoms with Crippen LogP contribution in [-0.4, -0.2) is 13.1 Å². The molecule has 0 saturated carbocycles. The van der Waals surface area contributed by atoms with Gasteiger partial charge in [0.25, 0.3) is 0 Å². The highest BCUT2D eigenvalue weighted by molar-refractivity contribution is 6.31. The minimum atomic E-state index is 0.724. The zero-order valence-electron chi connectivity index (χ0n) is 8.52. The number of benzene rings is 1. The van der Waals surface area contributed by atoms with Crippen molar-refractivity contribution >= 4 is 11.6 Å². The predicted octanol–water partition coefficient (Wildman–Crippen LogP) is 2.61. The lowest BCUT2D eigenvalue weighted by atomic mass is 10.1.